The van der Waals surface area contributed by atoms with E-state index in [1.165, 1.54) is 19.2 Å². The number of nitrogens with zero attached hydrogens (tertiary/aromatic N) is 1. The number of halogens is 2. The Balaban J connectivity index is 3.26. The molecule has 0 saturated heterocycles. The van der Waals surface area contributed by atoms with Gasteiger partial charge in [0.25, 0.3) is 0 Å². The highest BCUT2D eigenvalue weighted by Gasteiger charge is 2.27. The van der Waals surface area contributed by atoms with E-state index in [0.29, 0.717) is 6.41 Å². The van der Waals surface area contributed by atoms with Crippen LogP contribution in [0.2, 0.25) is 0 Å². The van der Waals surface area contributed by atoms with Crippen LogP contribution in [0.3, 0.4) is 0 Å². The zero-order chi connectivity index (χ0) is 16.0. The number of ether oxygens (including phenoxy) is 2. The van der Waals surface area contributed by atoms with Crippen molar-refractivity contribution in [2.45, 2.75) is 19.6 Å². The van der Waals surface area contributed by atoms with Crippen molar-refractivity contribution in [2.75, 3.05) is 13.7 Å². The lowest BCUT2D eigenvalue weighted by atomic mass is 10.0. The van der Waals surface area contributed by atoms with E-state index in [4.69, 9.17) is 4.74 Å². The van der Waals surface area contributed by atoms with Crippen LogP contribution in [0, 0.1) is 0 Å². The molecule has 1 amide bonds. The van der Waals surface area contributed by atoms with Crippen molar-refractivity contribution >= 4 is 12.4 Å². The molecule has 8 heteroatoms. The summed E-state index contributed by atoms with van der Waals surface area (Å²) in [5.74, 6) is -1.53. The summed E-state index contributed by atoms with van der Waals surface area (Å²) in [5.41, 5.74) is 0.132. The number of alkyl halides is 2. The fourth-order valence-electron chi connectivity index (χ4n) is 1.85. The Kier molecular flexibility index (Phi) is 5.89. The molecule has 1 aromatic rings. The summed E-state index contributed by atoms with van der Waals surface area (Å²) in [5, 5.41) is 9.24. The second-order valence-electron chi connectivity index (χ2n) is 3.97. The number of carboxylic acids is 1. The Morgan fingerprint density at radius 3 is 2.52 bits per heavy atom. The van der Waals surface area contributed by atoms with Gasteiger partial charge in [-0.15, -0.1) is 0 Å². The van der Waals surface area contributed by atoms with Crippen molar-refractivity contribution in [1.29, 1.82) is 0 Å². The van der Waals surface area contributed by atoms with Crippen LogP contribution < -0.4 is 9.47 Å². The number of amides is 1. The third-order valence-electron chi connectivity index (χ3n) is 2.79. The quantitative estimate of drug-likeness (QED) is 0.742. The Hall–Kier alpha value is -2.38. The number of benzene rings is 1. The van der Waals surface area contributed by atoms with Gasteiger partial charge in [-0.3, -0.25) is 4.79 Å². The number of likely N-dealkylation sites (N-methyl/N-ethyl adjacent to an activating group) is 1. The molecule has 1 unspecified atom stereocenters. The summed E-state index contributed by atoms with van der Waals surface area (Å²) in [6.07, 6.45) is 0.386. The predicted molar refractivity (Wildman–Crippen MR) is 68.4 cm³/mol. The fraction of sp³-hybridized carbons (Fsp3) is 0.385. The first kappa shape index (κ1) is 16.7. The molecule has 21 heavy (non-hydrogen) atoms. The van der Waals surface area contributed by atoms with Crippen molar-refractivity contribution in [2.24, 2.45) is 0 Å². The maximum Gasteiger partial charge on any atom is 0.387 e. The third-order valence-corrected chi connectivity index (χ3v) is 2.79. The molecule has 0 fully saturated rings. The molecule has 0 spiro atoms. The molecule has 1 rings (SSSR count). The predicted octanol–water partition coefficient (Wildman–Crippen LogP) is 1.90. The van der Waals surface area contributed by atoms with Crippen LogP contribution in [0.15, 0.2) is 18.2 Å². The van der Waals surface area contributed by atoms with Crippen LogP contribution in [0.25, 0.3) is 0 Å². The summed E-state index contributed by atoms with van der Waals surface area (Å²) < 4.78 is 33.9. The van der Waals surface area contributed by atoms with Crippen molar-refractivity contribution in [3.05, 3.63) is 23.8 Å². The van der Waals surface area contributed by atoms with E-state index in [0.717, 1.165) is 11.0 Å². The van der Waals surface area contributed by atoms with Crippen molar-refractivity contribution in [3.8, 4) is 11.5 Å². The lowest BCUT2D eigenvalue weighted by Gasteiger charge is -2.24. The number of rotatable bonds is 8. The Morgan fingerprint density at radius 1 is 1.43 bits per heavy atom. The summed E-state index contributed by atoms with van der Waals surface area (Å²) in [7, 11) is 1.27. The zero-order valence-corrected chi connectivity index (χ0v) is 11.5. The normalized spacial score (nSPS) is 11.9. The van der Waals surface area contributed by atoms with Gasteiger partial charge >= 0.3 is 12.6 Å². The molecule has 0 aliphatic carbocycles. The van der Waals surface area contributed by atoms with Crippen molar-refractivity contribution < 1.29 is 33.0 Å². The van der Waals surface area contributed by atoms with Gasteiger partial charge in [0.05, 0.1) is 7.11 Å². The third kappa shape index (κ3) is 4.04. The standard InChI is InChI=1S/C13H15F2NO5/c1-3-16(7-17)11(12(18)19)8-4-5-9(20-2)10(6-8)21-13(14)15/h4-7,11,13H,3H2,1-2H3,(H,18,19). The topological polar surface area (TPSA) is 76.1 Å². The van der Waals surface area contributed by atoms with E-state index in [1.807, 2.05) is 0 Å². The number of aliphatic carboxylic acids is 1. The second kappa shape index (κ2) is 7.41. The minimum atomic E-state index is -3.08. The first-order chi connectivity index (χ1) is 9.94. The van der Waals surface area contributed by atoms with Gasteiger partial charge in [-0.1, -0.05) is 6.07 Å². The summed E-state index contributed by atoms with van der Waals surface area (Å²) in [6, 6.07) is 2.51. The number of hydrogen-bond donors (Lipinski definition) is 1. The van der Waals surface area contributed by atoms with E-state index in [2.05, 4.69) is 4.74 Å². The molecule has 0 bridgehead atoms. The van der Waals surface area contributed by atoms with E-state index >= 15 is 0 Å². The van der Waals surface area contributed by atoms with E-state index in [1.54, 1.807) is 6.92 Å². The van der Waals surface area contributed by atoms with Crippen LogP contribution in [-0.4, -0.2) is 42.7 Å². The van der Waals surface area contributed by atoms with Crippen LogP contribution in [0.5, 0.6) is 11.5 Å². The molecule has 0 saturated carbocycles. The van der Waals surface area contributed by atoms with Gasteiger partial charge < -0.3 is 19.5 Å². The average Bonchev–Trinajstić information content (AvgIpc) is 2.43. The van der Waals surface area contributed by atoms with Gasteiger partial charge in [-0.05, 0) is 24.6 Å². The first-order valence-electron chi connectivity index (χ1n) is 6.01. The Labute approximate surface area is 119 Å². The molecule has 1 atom stereocenters. The molecule has 1 aromatic carbocycles. The fourth-order valence-corrected chi connectivity index (χ4v) is 1.85. The molecular formula is C13H15F2NO5. The summed E-state index contributed by atoms with van der Waals surface area (Å²) in [6.45, 7) is -1.33. The van der Waals surface area contributed by atoms with Crippen LogP contribution in [0.4, 0.5) is 8.78 Å². The van der Waals surface area contributed by atoms with Gasteiger partial charge in [0.1, 0.15) is 0 Å². The molecule has 0 aliphatic rings. The van der Waals surface area contributed by atoms with Crippen LogP contribution in [0.1, 0.15) is 18.5 Å². The molecule has 0 aromatic heterocycles. The largest absolute Gasteiger partial charge is 0.493 e. The molecule has 6 nitrogen and oxygen atoms in total. The van der Waals surface area contributed by atoms with E-state index in [9.17, 15) is 23.5 Å². The van der Waals surface area contributed by atoms with Gasteiger partial charge in [0.2, 0.25) is 6.41 Å². The monoisotopic (exact) mass is 303 g/mol. The zero-order valence-electron chi connectivity index (χ0n) is 11.5. The molecular weight excluding hydrogens is 288 g/mol. The lowest BCUT2D eigenvalue weighted by molar-refractivity contribution is -0.146. The molecule has 0 radical (unpaired) electrons. The second-order valence-corrected chi connectivity index (χ2v) is 3.97. The maximum atomic E-state index is 12.4. The van der Waals surface area contributed by atoms with Crippen molar-refractivity contribution in [1.82, 2.24) is 4.90 Å². The van der Waals surface area contributed by atoms with Crippen LogP contribution >= 0.6 is 0 Å². The number of carbonyl (C=O) groups excluding carboxylic acids is 1. The number of carbonyl (C=O) groups is 2. The highest BCUT2D eigenvalue weighted by atomic mass is 19.3. The lowest BCUT2D eigenvalue weighted by Crippen LogP contribution is -2.33. The van der Waals surface area contributed by atoms with Gasteiger partial charge in [-0.25, -0.2) is 4.79 Å². The highest BCUT2D eigenvalue weighted by Crippen LogP contribution is 2.33. The highest BCUT2D eigenvalue weighted by molar-refractivity contribution is 5.78. The number of hydrogen-bond acceptors (Lipinski definition) is 4. The first-order valence-corrected chi connectivity index (χ1v) is 6.01. The molecule has 0 heterocycles. The van der Waals surface area contributed by atoms with Gasteiger partial charge in [-0.2, -0.15) is 8.78 Å². The van der Waals surface area contributed by atoms with E-state index < -0.39 is 18.6 Å². The number of methoxy groups -OCH3 is 1. The smallest absolute Gasteiger partial charge is 0.387 e. The van der Waals surface area contributed by atoms with Crippen LogP contribution in [-0.2, 0) is 9.59 Å². The Morgan fingerprint density at radius 2 is 2.10 bits per heavy atom. The van der Waals surface area contributed by atoms with Gasteiger partial charge in [0.15, 0.2) is 17.5 Å². The Bertz CT molecular complexity index is 509. The SMILES string of the molecule is CCN(C=O)C(C(=O)O)c1ccc(OC)c(OC(F)F)c1. The average molecular weight is 303 g/mol. The number of carboxylic acid groups (broad SMARTS) is 1. The van der Waals surface area contributed by atoms with E-state index in [-0.39, 0.29) is 23.6 Å². The maximum absolute atomic E-state index is 12.4. The molecule has 116 valence electrons. The summed E-state index contributed by atoms with van der Waals surface area (Å²) >= 11 is 0. The molecule has 0 aliphatic heterocycles. The van der Waals surface area contributed by atoms with Crippen molar-refractivity contribution in [3.63, 3.8) is 0 Å². The minimum Gasteiger partial charge on any atom is -0.493 e. The summed E-state index contributed by atoms with van der Waals surface area (Å²) in [4.78, 5) is 23.3. The van der Waals surface area contributed by atoms with Gasteiger partial charge in [0, 0.05) is 6.54 Å². The minimum absolute atomic E-state index is 0.0392. The molecule has 1 N–H and O–H groups in total.